The lowest BCUT2D eigenvalue weighted by Gasteiger charge is -2.32. The average Bonchev–Trinajstić information content (AvgIpc) is 2.90. The Morgan fingerprint density at radius 1 is 0.974 bits per heavy atom. The number of amides is 2. The summed E-state index contributed by atoms with van der Waals surface area (Å²) in [6.45, 7) is 5.26. The maximum Gasteiger partial charge on any atom is 0.264 e. The van der Waals surface area contributed by atoms with Crippen LogP contribution in [-0.4, -0.2) is 44.3 Å². The molecule has 0 aliphatic heterocycles. The third-order valence-corrected chi connectivity index (χ3v) is 8.30. The number of rotatable bonds is 11. The monoisotopic (exact) mass is 603 g/mol. The minimum Gasteiger partial charge on any atom is -0.354 e. The molecule has 0 aromatic heterocycles. The highest BCUT2D eigenvalue weighted by atomic mass is 79.9. The van der Waals surface area contributed by atoms with E-state index in [-0.39, 0.29) is 17.3 Å². The smallest absolute Gasteiger partial charge is 0.264 e. The van der Waals surface area contributed by atoms with Crippen molar-refractivity contribution in [2.24, 2.45) is 0 Å². The SMILES string of the molecule is CCCNC(=O)[C@H](C)N(Cc1ccc(F)cc1)C(=O)CN(c1ccc(Br)cc1)S(=O)(=O)c1ccc(C)cc1. The molecule has 0 spiro atoms. The molecule has 0 saturated heterocycles. The molecule has 10 heteroatoms. The van der Waals surface area contributed by atoms with Crippen LogP contribution in [0.3, 0.4) is 0 Å². The van der Waals surface area contributed by atoms with Crippen LogP contribution in [0.5, 0.6) is 0 Å². The molecule has 3 rings (SSSR count). The third kappa shape index (κ3) is 7.41. The molecule has 0 aliphatic carbocycles. The van der Waals surface area contributed by atoms with E-state index in [0.29, 0.717) is 17.8 Å². The fourth-order valence-corrected chi connectivity index (χ4v) is 5.42. The van der Waals surface area contributed by atoms with E-state index in [1.165, 1.54) is 41.3 Å². The summed E-state index contributed by atoms with van der Waals surface area (Å²) in [5.74, 6) is -1.36. The fourth-order valence-electron chi connectivity index (χ4n) is 3.74. The van der Waals surface area contributed by atoms with E-state index in [4.69, 9.17) is 0 Å². The van der Waals surface area contributed by atoms with Crippen molar-refractivity contribution in [2.75, 3.05) is 17.4 Å². The Balaban J connectivity index is 2.00. The molecule has 0 heterocycles. The molecular formula is C28H31BrFN3O4S. The van der Waals surface area contributed by atoms with Crippen molar-refractivity contribution in [1.82, 2.24) is 10.2 Å². The highest BCUT2D eigenvalue weighted by molar-refractivity contribution is 9.10. The number of anilines is 1. The van der Waals surface area contributed by atoms with Gasteiger partial charge in [-0.3, -0.25) is 13.9 Å². The maximum absolute atomic E-state index is 13.8. The molecule has 3 aromatic rings. The van der Waals surface area contributed by atoms with Gasteiger partial charge in [0, 0.05) is 17.6 Å². The average molecular weight is 605 g/mol. The summed E-state index contributed by atoms with van der Waals surface area (Å²) in [7, 11) is -4.13. The summed E-state index contributed by atoms with van der Waals surface area (Å²) in [6, 6.07) is 17.7. The normalized spacial score (nSPS) is 12.0. The lowest BCUT2D eigenvalue weighted by Crippen LogP contribution is -2.51. The van der Waals surface area contributed by atoms with E-state index in [1.807, 2.05) is 13.8 Å². The Morgan fingerprint density at radius 3 is 2.16 bits per heavy atom. The van der Waals surface area contributed by atoms with Gasteiger partial charge in [0.15, 0.2) is 0 Å². The number of nitrogens with zero attached hydrogens (tertiary/aromatic N) is 2. The number of aryl methyl sites for hydroxylation is 1. The standard InChI is InChI=1S/C28H31BrFN3O4S/c1-4-17-31-28(35)21(3)32(18-22-7-11-24(30)12-8-22)27(34)19-33(25-13-9-23(29)10-14-25)38(36,37)26-15-5-20(2)6-16-26/h5-16,21H,4,17-19H2,1-3H3,(H,31,35)/t21-/m0/s1. The molecule has 0 unspecified atom stereocenters. The molecule has 1 N–H and O–H groups in total. The molecule has 1 atom stereocenters. The lowest BCUT2D eigenvalue weighted by molar-refractivity contribution is -0.139. The zero-order valence-corrected chi connectivity index (χ0v) is 23.9. The van der Waals surface area contributed by atoms with Crippen LogP contribution >= 0.6 is 15.9 Å². The van der Waals surface area contributed by atoms with E-state index in [9.17, 15) is 22.4 Å². The van der Waals surface area contributed by atoms with E-state index < -0.39 is 34.3 Å². The molecular weight excluding hydrogens is 573 g/mol. The molecule has 0 radical (unpaired) electrons. The number of nitrogens with one attached hydrogen (secondary N) is 1. The van der Waals surface area contributed by atoms with Gasteiger partial charge in [-0.15, -0.1) is 0 Å². The maximum atomic E-state index is 13.8. The molecule has 7 nitrogen and oxygen atoms in total. The van der Waals surface area contributed by atoms with Crippen molar-refractivity contribution in [3.8, 4) is 0 Å². The summed E-state index contributed by atoms with van der Waals surface area (Å²) < 4.78 is 42.8. The molecule has 38 heavy (non-hydrogen) atoms. The third-order valence-electron chi connectivity index (χ3n) is 5.99. The first-order chi connectivity index (χ1) is 18.0. The predicted molar refractivity (Wildman–Crippen MR) is 150 cm³/mol. The minimum atomic E-state index is -4.13. The van der Waals surface area contributed by atoms with Gasteiger partial charge in [0.05, 0.1) is 10.6 Å². The Labute approximate surface area is 231 Å². The first-order valence-electron chi connectivity index (χ1n) is 12.2. The van der Waals surface area contributed by atoms with E-state index in [2.05, 4.69) is 21.2 Å². The van der Waals surface area contributed by atoms with Gasteiger partial charge in [-0.05, 0) is 74.4 Å². The number of carbonyl (C=O) groups excluding carboxylic acids is 2. The van der Waals surface area contributed by atoms with Gasteiger partial charge in [-0.25, -0.2) is 12.8 Å². The largest absolute Gasteiger partial charge is 0.354 e. The summed E-state index contributed by atoms with van der Waals surface area (Å²) in [4.78, 5) is 28.0. The molecule has 0 aliphatic rings. The van der Waals surface area contributed by atoms with Crippen molar-refractivity contribution in [2.45, 2.75) is 44.7 Å². The van der Waals surface area contributed by atoms with Gasteiger partial charge >= 0.3 is 0 Å². The lowest BCUT2D eigenvalue weighted by atomic mass is 10.1. The number of sulfonamides is 1. The van der Waals surface area contributed by atoms with Crippen LogP contribution in [0.15, 0.2) is 82.2 Å². The van der Waals surface area contributed by atoms with Crippen LogP contribution in [0.2, 0.25) is 0 Å². The fraction of sp³-hybridized carbons (Fsp3) is 0.286. The Hall–Kier alpha value is -3.24. The topological polar surface area (TPSA) is 86.8 Å². The van der Waals surface area contributed by atoms with Crippen molar-refractivity contribution in [1.29, 1.82) is 0 Å². The number of hydrogen-bond donors (Lipinski definition) is 1. The first kappa shape index (κ1) is 29.3. The number of carbonyl (C=O) groups is 2. The van der Waals surface area contributed by atoms with Crippen LogP contribution < -0.4 is 9.62 Å². The highest BCUT2D eigenvalue weighted by Gasteiger charge is 2.32. The number of benzene rings is 3. The minimum absolute atomic E-state index is 0.00141. The van der Waals surface area contributed by atoms with E-state index in [1.54, 1.807) is 43.3 Å². The zero-order chi connectivity index (χ0) is 27.9. The van der Waals surface area contributed by atoms with Gasteiger partial charge in [0.2, 0.25) is 11.8 Å². The van der Waals surface area contributed by atoms with E-state index in [0.717, 1.165) is 20.8 Å². The Kier molecular flexibility index (Phi) is 10.0. The molecule has 0 saturated carbocycles. The van der Waals surface area contributed by atoms with Gasteiger partial charge in [0.1, 0.15) is 18.4 Å². The summed E-state index contributed by atoms with van der Waals surface area (Å²) >= 11 is 3.36. The van der Waals surface area contributed by atoms with Gasteiger partial charge in [-0.2, -0.15) is 0 Å². The van der Waals surface area contributed by atoms with E-state index >= 15 is 0 Å². The molecule has 0 fully saturated rings. The second-order valence-electron chi connectivity index (χ2n) is 8.92. The van der Waals surface area contributed by atoms with Crippen LogP contribution in [0.1, 0.15) is 31.4 Å². The highest BCUT2D eigenvalue weighted by Crippen LogP contribution is 2.26. The van der Waals surface area contributed by atoms with Crippen LogP contribution in [0.4, 0.5) is 10.1 Å². The Bertz CT molecular complexity index is 1350. The molecule has 3 aromatic carbocycles. The molecule has 0 bridgehead atoms. The van der Waals surface area contributed by atoms with Crippen molar-refractivity contribution >= 4 is 43.5 Å². The second-order valence-corrected chi connectivity index (χ2v) is 11.7. The van der Waals surface area contributed by atoms with Gasteiger partial charge in [-0.1, -0.05) is 52.7 Å². The zero-order valence-electron chi connectivity index (χ0n) is 21.5. The summed E-state index contributed by atoms with van der Waals surface area (Å²) in [5, 5.41) is 2.79. The van der Waals surface area contributed by atoms with Crippen LogP contribution in [-0.2, 0) is 26.2 Å². The molecule has 2 amide bonds. The molecule has 202 valence electrons. The van der Waals surface area contributed by atoms with Crippen LogP contribution in [0.25, 0.3) is 0 Å². The second kappa shape index (κ2) is 13.0. The summed E-state index contributed by atoms with van der Waals surface area (Å²) in [6.07, 6.45) is 0.719. The quantitative estimate of drug-likeness (QED) is 0.333. The van der Waals surface area contributed by atoms with Crippen molar-refractivity contribution in [3.05, 3.63) is 94.2 Å². The summed E-state index contributed by atoms with van der Waals surface area (Å²) in [5.41, 5.74) is 1.80. The first-order valence-corrected chi connectivity index (χ1v) is 14.4. The van der Waals surface area contributed by atoms with Gasteiger partial charge < -0.3 is 10.2 Å². The van der Waals surface area contributed by atoms with Crippen LogP contribution in [0, 0.1) is 12.7 Å². The van der Waals surface area contributed by atoms with Crippen molar-refractivity contribution < 1.29 is 22.4 Å². The predicted octanol–water partition coefficient (Wildman–Crippen LogP) is 5.04. The van der Waals surface area contributed by atoms with Gasteiger partial charge in [0.25, 0.3) is 10.0 Å². The number of hydrogen-bond acceptors (Lipinski definition) is 4. The number of halogens is 2. The Morgan fingerprint density at radius 2 is 1.58 bits per heavy atom. The van der Waals surface area contributed by atoms with Crippen molar-refractivity contribution in [3.63, 3.8) is 0 Å².